The number of anilines is 1. The molecule has 4 nitrogen and oxygen atoms in total. The highest BCUT2D eigenvalue weighted by Crippen LogP contribution is 2.32. The molecule has 20 heavy (non-hydrogen) atoms. The maximum Gasteiger partial charge on any atom is 0.122 e. The summed E-state index contributed by atoms with van der Waals surface area (Å²) < 4.78 is 0. The van der Waals surface area contributed by atoms with E-state index >= 15 is 0 Å². The molecule has 0 amide bonds. The van der Waals surface area contributed by atoms with Gasteiger partial charge in [0.15, 0.2) is 0 Å². The van der Waals surface area contributed by atoms with E-state index in [1.807, 2.05) is 19.1 Å². The molecular formula is C16H25N3O. The second kappa shape index (κ2) is 5.26. The molecule has 2 fully saturated rings. The third kappa shape index (κ3) is 2.38. The molecule has 1 aromatic rings. The van der Waals surface area contributed by atoms with Gasteiger partial charge in [0.2, 0.25) is 0 Å². The molecule has 3 N–H and O–H groups in total. The molecule has 2 aliphatic rings. The van der Waals surface area contributed by atoms with Gasteiger partial charge in [-0.2, -0.15) is 0 Å². The van der Waals surface area contributed by atoms with Crippen molar-refractivity contribution in [1.82, 2.24) is 4.90 Å². The van der Waals surface area contributed by atoms with Crippen molar-refractivity contribution in [3.63, 3.8) is 0 Å². The third-order valence-corrected chi connectivity index (χ3v) is 4.77. The van der Waals surface area contributed by atoms with Crippen LogP contribution in [-0.4, -0.2) is 41.7 Å². The summed E-state index contributed by atoms with van der Waals surface area (Å²) >= 11 is 0. The number of nitrogens with zero attached hydrogens (tertiary/aromatic N) is 2. The smallest absolute Gasteiger partial charge is 0.122 e. The van der Waals surface area contributed by atoms with Crippen molar-refractivity contribution < 1.29 is 5.11 Å². The van der Waals surface area contributed by atoms with Crippen LogP contribution >= 0.6 is 0 Å². The van der Waals surface area contributed by atoms with Gasteiger partial charge in [0, 0.05) is 48.5 Å². The summed E-state index contributed by atoms with van der Waals surface area (Å²) in [7, 11) is 0. The molecule has 2 aliphatic heterocycles. The number of hydrogen-bond acceptors (Lipinski definition) is 4. The molecule has 3 rings (SSSR count). The molecule has 0 spiro atoms. The highest BCUT2D eigenvalue weighted by atomic mass is 16.3. The Labute approximate surface area is 121 Å². The zero-order chi connectivity index (χ0) is 14.3. The molecule has 2 saturated heterocycles. The first-order valence-corrected chi connectivity index (χ1v) is 7.65. The summed E-state index contributed by atoms with van der Waals surface area (Å²) in [6.45, 7) is 7.61. The second-order valence-electron chi connectivity index (χ2n) is 6.32. The number of hydrogen-bond donors (Lipinski definition) is 2. The Kier molecular flexibility index (Phi) is 3.61. The maximum absolute atomic E-state index is 10.1. The van der Waals surface area contributed by atoms with Gasteiger partial charge in [0.05, 0.1) is 0 Å². The molecule has 3 unspecified atom stereocenters. The molecule has 2 heterocycles. The monoisotopic (exact) mass is 275 g/mol. The summed E-state index contributed by atoms with van der Waals surface area (Å²) in [5.41, 5.74) is 7.80. The Balaban J connectivity index is 1.83. The fraction of sp³-hybridized carbons (Fsp3) is 0.625. The van der Waals surface area contributed by atoms with E-state index in [1.165, 1.54) is 19.4 Å². The van der Waals surface area contributed by atoms with E-state index in [9.17, 15) is 5.11 Å². The van der Waals surface area contributed by atoms with Crippen LogP contribution in [0.15, 0.2) is 18.2 Å². The predicted molar refractivity (Wildman–Crippen MR) is 82.1 cm³/mol. The van der Waals surface area contributed by atoms with E-state index in [-0.39, 0.29) is 6.04 Å². The zero-order valence-electron chi connectivity index (χ0n) is 12.4. The molecule has 0 radical (unpaired) electrons. The SMILES string of the molecule is CC(N)c1ccc(N2CC3CCCN3CC2C)cc1O. The van der Waals surface area contributed by atoms with Crippen LogP contribution in [0.2, 0.25) is 0 Å². The summed E-state index contributed by atoms with van der Waals surface area (Å²) in [6, 6.07) is 6.97. The molecule has 0 saturated carbocycles. The van der Waals surface area contributed by atoms with Crippen LogP contribution in [-0.2, 0) is 0 Å². The molecular weight excluding hydrogens is 250 g/mol. The highest BCUT2D eigenvalue weighted by Gasteiger charge is 2.34. The first-order valence-electron chi connectivity index (χ1n) is 7.65. The molecule has 110 valence electrons. The second-order valence-corrected chi connectivity index (χ2v) is 6.32. The molecule has 0 aromatic heterocycles. The van der Waals surface area contributed by atoms with Crippen LogP contribution in [0, 0.1) is 0 Å². The topological polar surface area (TPSA) is 52.7 Å². The largest absolute Gasteiger partial charge is 0.508 e. The quantitative estimate of drug-likeness (QED) is 0.868. The standard InChI is InChI=1S/C16H25N3O/c1-11-9-18-7-3-4-14(18)10-19(11)13-5-6-15(12(2)17)16(20)8-13/h5-6,8,11-12,14,20H,3-4,7,9-10,17H2,1-2H3. The van der Waals surface area contributed by atoms with Crippen LogP contribution in [0.5, 0.6) is 5.75 Å². The van der Waals surface area contributed by atoms with Crippen LogP contribution < -0.4 is 10.6 Å². The van der Waals surface area contributed by atoms with Gasteiger partial charge in [0.25, 0.3) is 0 Å². The lowest BCUT2D eigenvalue weighted by Gasteiger charge is -2.43. The summed E-state index contributed by atoms with van der Waals surface area (Å²) in [5.74, 6) is 0.318. The van der Waals surface area contributed by atoms with Crippen LogP contribution in [0.1, 0.15) is 38.3 Å². The number of phenolic OH excluding ortho intramolecular Hbond substituents is 1. The van der Waals surface area contributed by atoms with E-state index in [1.54, 1.807) is 0 Å². The summed E-state index contributed by atoms with van der Waals surface area (Å²) in [4.78, 5) is 5.04. The van der Waals surface area contributed by atoms with E-state index in [2.05, 4.69) is 22.8 Å². The first-order chi connectivity index (χ1) is 9.56. The third-order valence-electron chi connectivity index (χ3n) is 4.77. The van der Waals surface area contributed by atoms with Crippen molar-refractivity contribution in [2.24, 2.45) is 5.73 Å². The first kappa shape index (κ1) is 13.7. The van der Waals surface area contributed by atoms with Crippen molar-refractivity contribution in [3.8, 4) is 5.75 Å². The van der Waals surface area contributed by atoms with Gasteiger partial charge in [-0.15, -0.1) is 0 Å². The Morgan fingerprint density at radius 3 is 2.85 bits per heavy atom. The number of piperazine rings is 1. The van der Waals surface area contributed by atoms with Crippen LogP contribution in [0.25, 0.3) is 0 Å². The number of benzene rings is 1. The van der Waals surface area contributed by atoms with Crippen molar-refractivity contribution >= 4 is 5.69 Å². The fourth-order valence-electron chi connectivity index (χ4n) is 3.64. The van der Waals surface area contributed by atoms with Crippen molar-refractivity contribution in [3.05, 3.63) is 23.8 Å². The van der Waals surface area contributed by atoms with Gasteiger partial charge in [-0.05, 0) is 39.3 Å². The molecule has 3 atom stereocenters. The number of fused-ring (bicyclic) bond motifs is 1. The Bertz CT molecular complexity index is 489. The normalized spacial score (nSPS) is 28.4. The van der Waals surface area contributed by atoms with Gasteiger partial charge in [-0.1, -0.05) is 6.07 Å². The lowest BCUT2D eigenvalue weighted by Crippen LogP contribution is -2.55. The summed E-state index contributed by atoms with van der Waals surface area (Å²) in [5, 5.41) is 10.1. The molecule has 4 heteroatoms. The summed E-state index contributed by atoms with van der Waals surface area (Å²) in [6.07, 6.45) is 2.62. The minimum Gasteiger partial charge on any atom is -0.508 e. The fourth-order valence-corrected chi connectivity index (χ4v) is 3.64. The van der Waals surface area contributed by atoms with E-state index < -0.39 is 0 Å². The van der Waals surface area contributed by atoms with Gasteiger partial charge in [-0.3, -0.25) is 4.90 Å². The van der Waals surface area contributed by atoms with E-state index in [4.69, 9.17) is 5.73 Å². The van der Waals surface area contributed by atoms with Gasteiger partial charge < -0.3 is 15.7 Å². The minimum absolute atomic E-state index is 0.131. The van der Waals surface area contributed by atoms with Crippen LogP contribution in [0.3, 0.4) is 0 Å². The Morgan fingerprint density at radius 1 is 1.35 bits per heavy atom. The van der Waals surface area contributed by atoms with E-state index in [0.29, 0.717) is 17.8 Å². The number of phenols is 1. The van der Waals surface area contributed by atoms with Crippen molar-refractivity contribution in [2.45, 2.75) is 44.8 Å². The number of rotatable bonds is 2. The lowest BCUT2D eigenvalue weighted by molar-refractivity contribution is 0.203. The predicted octanol–water partition coefficient (Wildman–Crippen LogP) is 2.08. The zero-order valence-corrected chi connectivity index (χ0v) is 12.4. The van der Waals surface area contributed by atoms with Crippen molar-refractivity contribution in [2.75, 3.05) is 24.5 Å². The van der Waals surface area contributed by atoms with Crippen LogP contribution in [0.4, 0.5) is 5.69 Å². The molecule has 1 aromatic carbocycles. The minimum atomic E-state index is -0.131. The van der Waals surface area contributed by atoms with E-state index in [0.717, 1.165) is 24.3 Å². The Morgan fingerprint density at radius 2 is 2.15 bits per heavy atom. The maximum atomic E-state index is 10.1. The van der Waals surface area contributed by atoms with Gasteiger partial charge in [-0.25, -0.2) is 0 Å². The highest BCUT2D eigenvalue weighted by molar-refractivity contribution is 5.55. The number of aromatic hydroxyl groups is 1. The Hall–Kier alpha value is -1.26. The molecule has 0 aliphatic carbocycles. The average molecular weight is 275 g/mol. The molecule has 0 bridgehead atoms. The number of nitrogens with two attached hydrogens (primary N) is 1. The lowest BCUT2D eigenvalue weighted by atomic mass is 10.0. The average Bonchev–Trinajstić information content (AvgIpc) is 2.84. The van der Waals surface area contributed by atoms with Crippen molar-refractivity contribution in [1.29, 1.82) is 0 Å². The van der Waals surface area contributed by atoms with Gasteiger partial charge >= 0.3 is 0 Å². The van der Waals surface area contributed by atoms with Gasteiger partial charge in [0.1, 0.15) is 5.75 Å².